The predicted molar refractivity (Wildman–Crippen MR) is 120 cm³/mol. The van der Waals surface area contributed by atoms with E-state index in [-0.39, 0.29) is 17.0 Å². The summed E-state index contributed by atoms with van der Waals surface area (Å²) in [6, 6.07) is 13.8. The van der Waals surface area contributed by atoms with Gasteiger partial charge in [-0.1, -0.05) is 41.0 Å². The number of fused-ring (bicyclic) bond motifs is 1. The minimum absolute atomic E-state index is 0.122. The van der Waals surface area contributed by atoms with Crippen LogP contribution in [0.2, 0.25) is 5.02 Å². The van der Waals surface area contributed by atoms with Crippen molar-refractivity contribution in [3.05, 3.63) is 75.8 Å². The molecule has 0 aliphatic rings. The fourth-order valence-corrected chi connectivity index (χ4v) is 3.67. The molecule has 31 heavy (non-hydrogen) atoms. The Morgan fingerprint density at radius 2 is 1.97 bits per heavy atom. The number of anilines is 1. The van der Waals surface area contributed by atoms with Gasteiger partial charge in [0.15, 0.2) is 0 Å². The molecule has 4 rings (SSSR count). The number of hydrogen-bond donors (Lipinski definition) is 0. The summed E-state index contributed by atoms with van der Waals surface area (Å²) >= 11 is 5.96. The third-order valence-corrected chi connectivity index (χ3v) is 5.46. The van der Waals surface area contributed by atoms with Crippen LogP contribution < -0.4 is 10.5 Å². The van der Waals surface area contributed by atoms with E-state index in [1.165, 1.54) is 10.9 Å². The topological polar surface area (TPSA) is 81.2 Å². The lowest BCUT2D eigenvalue weighted by molar-refractivity contribution is -0.121. The second kappa shape index (κ2) is 8.35. The SMILES string of the molecule is CCN(C(=O)[C@H](C)n1cnc2onc(-c3ccc(Cl)cc3)c2c1=O)c1cccc(C)c1. The van der Waals surface area contributed by atoms with Crippen molar-refractivity contribution in [2.45, 2.75) is 26.8 Å². The van der Waals surface area contributed by atoms with Gasteiger partial charge in [0.25, 0.3) is 11.3 Å². The Morgan fingerprint density at radius 3 is 2.65 bits per heavy atom. The van der Waals surface area contributed by atoms with E-state index in [1.54, 1.807) is 36.1 Å². The first kappa shape index (κ1) is 20.8. The molecular formula is C23H21ClN4O3. The zero-order valence-electron chi connectivity index (χ0n) is 17.4. The standard InChI is InChI=1S/C23H21ClN4O3/c1-4-27(18-7-5-6-14(2)12-18)22(29)15(3)28-13-25-21-19(23(28)30)20(26-31-21)16-8-10-17(24)11-9-16/h5-13,15H,4H2,1-3H3/t15-/m0/s1. The number of carbonyl (C=O) groups excluding carboxylic acids is 1. The summed E-state index contributed by atoms with van der Waals surface area (Å²) in [7, 11) is 0. The molecule has 0 bridgehead atoms. The summed E-state index contributed by atoms with van der Waals surface area (Å²) in [6.45, 7) is 6.03. The first-order valence-corrected chi connectivity index (χ1v) is 10.3. The van der Waals surface area contributed by atoms with Gasteiger partial charge in [-0.05, 0) is 50.6 Å². The molecule has 0 saturated carbocycles. The number of nitrogens with zero attached hydrogens (tertiary/aromatic N) is 4. The van der Waals surface area contributed by atoms with Gasteiger partial charge in [0, 0.05) is 22.8 Å². The first-order chi connectivity index (χ1) is 14.9. The average Bonchev–Trinajstić information content (AvgIpc) is 3.20. The average molecular weight is 437 g/mol. The Kier molecular flexibility index (Phi) is 5.61. The molecule has 0 aliphatic carbocycles. The van der Waals surface area contributed by atoms with E-state index in [0.717, 1.165) is 11.3 Å². The molecule has 2 heterocycles. The van der Waals surface area contributed by atoms with Crippen LogP contribution in [0.15, 0.2) is 64.2 Å². The molecule has 7 nitrogen and oxygen atoms in total. The molecule has 4 aromatic rings. The molecule has 1 atom stereocenters. The number of carbonyl (C=O) groups is 1. The van der Waals surface area contributed by atoms with Gasteiger partial charge in [-0.15, -0.1) is 0 Å². The maximum atomic E-state index is 13.3. The summed E-state index contributed by atoms with van der Waals surface area (Å²) in [5, 5.41) is 4.82. The Labute approximate surface area is 183 Å². The van der Waals surface area contributed by atoms with Crippen LogP contribution in [0.1, 0.15) is 25.5 Å². The summed E-state index contributed by atoms with van der Waals surface area (Å²) in [6.07, 6.45) is 1.33. The molecular weight excluding hydrogens is 416 g/mol. The maximum Gasteiger partial charge on any atom is 0.267 e. The molecule has 0 radical (unpaired) electrons. The number of likely N-dealkylation sites (N-methyl/N-ethyl adjacent to an activating group) is 1. The van der Waals surface area contributed by atoms with Gasteiger partial charge < -0.3 is 9.42 Å². The highest BCUT2D eigenvalue weighted by Gasteiger charge is 2.26. The maximum absolute atomic E-state index is 13.3. The van der Waals surface area contributed by atoms with Crippen LogP contribution in [0, 0.1) is 6.92 Å². The second-order valence-electron chi connectivity index (χ2n) is 7.27. The van der Waals surface area contributed by atoms with Gasteiger partial charge in [-0.25, -0.2) is 4.98 Å². The van der Waals surface area contributed by atoms with E-state index in [0.29, 0.717) is 22.8 Å². The van der Waals surface area contributed by atoms with E-state index in [9.17, 15) is 9.59 Å². The van der Waals surface area contributed by atoms with Crippen molar-refractivity contribution in [1.82, 2.24) is 14.7 Å². The van der Waals surface area contributed by atoms with Crippen LogP contribution in [0.4, 0.5) is 5.69 Å². The van der Waals surface area contributed by atoms with E-state index >= 15 is 0 Å². The van der Waals surface area contributed by atoms with Crippen molar-refractivity contribution in [2.75, 3.05) is 11.4 Å². The van der Waals surface area contributed by atoms with Crippen molar-refractivity contribution in [3.8, 4) is 11.3 Å². The number of rotatable bonds is 5. The molecule has 2 aromatic carbocycles. The molecule has 0 spiro atoms. The minimum atomic E-state index is -0.766. The fourth-order valence-electron chi connectivity index (χ4n) is 3.55. The van der Waals surface area contributed by atoms with Crippen LogP contribution in [-0.2, 0) is 4.79 Å². The fraction of sp³-hybridized carbons (Fsp3) is 0.217. The molecule has 0 fully saturated rings. The molecule has 2 aromatic heterocycles. The van der Waals surface area contributed by atoms with Gasteiger partial charge >= 0.3 is 0 Å². The second-order valence-corrected chi connectivity index (χ2v) is 7.71. The van der Waals surface area contributed by atoms with E-state index in [1.807, 2.05) is 38.1 Å². The molecule has 0 saturated heterocycles. The van der Waals surface area contributed by atoms with Gasteiger partial charge in [0.1, 0.15) is 23.4 Å². The first-order valence-electron chi connectivity index (χ1n) is 9.91. The van der Waals surface area contributed by atoms with Gasteiger partial charge in [-0.3, -0.25) is 14.2 Å². The van der Waals surface area contributed by atoms with Crippen LogP contribution in [0.25, 0.3) is 22.4 Å². The van der Waals surface area contributed by atoms with Crippen LogP contribution in [0.3, 0.4) is 0 Å². The zero-order valence-corrected chi connectivity index (χ0v) is 18.1. The molecule has 0 N–H and O–H groups in total. The number of aryl methyl sites for hydroxylation is 1. The molecule has 0 aliphatic heterocycles. The molecule has 158 valence electrons. The van der Waals surface area contributed by atoms with Crippen molar-refractivity contribution in [3.63, 3.8) is 0 Å². The van der Waals surface area contributed by atoms with Crippen LogP contribution in [0.5, 0.6) is 0 Å². The number of halogens is 1. The normalized spacial score (nSPS) is 12.1. The summed E-state index contributed by atoms with van der Waals surface area (Å²) in [5.74, 6) is -0.208. The summed E-state index contributed by atoms with van der Waals surface area (Å²) in [5.41, 5.74) is 2.61. The third kappa shape index (κ3) is 3.84. The lowest BCUT2D eigenvalue weighted by atomic mass is 10.1. The van der Waals surface area contributed by atoms with E-state index < -0.39 is 11.6 Å². The van der Waals surface area contributed by atoms with Gasteiger partial charge in [0.2, 0.25) is 5.91 Å². The predicted octanol–water partition coefficient (Wildman–Crippen LogP) is 4.63. The van der Waals surface area contributed by atoms with Crippen LogP contribution in [-0.4, -0.2) is 27.2 Å². The number of hydrogen-bond acceptors (Lipinski definition) is 5. The lowest BCUT2D eigenvalue weighted by Crippen LogP contribution is -2.39. The van der Waals surface area contributed by atoms with E-state index in [4.69, 9.17) is 16.1 Å². The van der Waals surface area contributed by atoms with Gasteiger partial charge in [-0.2, -0.15) is 0 Å². The smallest absolute Gasteiger partial charge is 0.267 e. The zero-order chi connectivity index (χ0) is 22.1. The minimum Gasteiger partial charge on any atom is -0.335 e. The quantitative estimate of drug-likeness (QED) is 0.455. The van der Waals surface area contributed by atoms with Crippen molar-refractivity contribution < 1.29 is 9.32 Å². The monoisotopic (exact) mass is 436 g/mol. The lowest BCUT2D eigenvalue weighted by Gasteiger charge is -2.25. The Balaban J connectivity index is 1.76. The Hall–Kier alpha value is -3.45. The number of amides is 1. The Bertz CT molecular complexity index is 1310. The molecule has 0 unspecified atom stereocenters. The summed E-state index contributed by atoms with van der Waals surface area (Å²) < 4.78 is 6.58. The highest BCUT2D eigenvalue weighted by Crippen LogP contribution is 2.26. The summed E-state index contributed by atoms with van der Waals surface area (Å²) in [4.78, 5) is 32.5. The molecule has 1 amide bonds. The largest absolute Gasteiger partial charge is 0.335 e. The number of benzene rings is 2. The van der Waals surface area contributed by atoms with Crippen molar-refractivity contribution in [1.29, 1.82) is 0 Å². The third-order valence-electron chi connectivity index (χ3n) is 5.21. The Morgan fingerprint density at radius 1 is 1.23 bits per heavy atom. The van der Waals surface area contributed by atoms with Crippen molar-refractivity contribution in [2.24, 2.45) is 0 Å². The molecule has 8 heteroatoms. The van der Waals surface area contributed by atoms with E-state index in [2.05, 4.69) is 10.1 Å². The van der Waals surface area contributed by atoms with Crippen LogP contribution >= 0.6 is 11.6 Å². The van der Waals surface area contributed by atoms with Crippen molar-refractivity contribution >= 4 is 34.3 Å². The van der Waals surface area contributed by atoms with Gasteiger partial charge in [0.05, 0.1) is 0 Å². The highest BCUT2D eigenvalue weighted by atomic mass is 35.5. The number of aromatic nitrogens is 3. The highest BCUT2D eigenvalue weighted by molar-refractivity contribution is 6.30.